The molecule has 5 heteroatoms. The summed E-state index contributed by atoms with van der Waals surface area (Å²) in [5.41, 5.74) is 0.818. The van der Waals surface area contributed by atoms with Crippen molar-refractivity contribution in [1.82, 2.24) is 0 Å². The molecule has 1 amide bonds. The Kier molecular flexibility index (Phi) is 5.11. The number of allylic oxidation sites excluding steroid dienone is 1. The van der Waals surface area contributed by atoms with Crippen molar-refractivity contribution in [3.8, 4) is 0 Å². The second kappa shape index (κ2) is 6.19. The number of carbonyl (C=O) groups excluding carboxylic acids is 1. The normalized spacial score (nSPS) is 11.0. The quantitative estimate of drug-likeness (QED) is 0.824. The molecular weight excluding hydrogens is 313 g/mol. The van der Waals surface area contributed by atoms with E-state index in [4.69, 9.17) is 4.74 Å². The number of anilines is 1. The molecule has 1 aromatic rings. The smallest absolute Gasteiger partial charge is 0.412 e. The highest BCUT2D eigenvalue weighted by Crippen LogP contribution is 2.22. The Morgan fingerprint density at radius 3 is 2.58 bits per heavy atom. The van der Waals surface area contributed by atoms with Crippen molar-refractivity contribution < 1.29 is 13.9 Å². The fourth-order valence-electron chi connectivity index (χ4n) is 1.37. The number of hydrogen-bond donors (Lipinski definition) is 1. The first-order valence-corrected chi connectivity index (χ1v) is 6.89. The van der Waals surface area contributed by atoms with E-state index in [2.05, 4.69) is 27.8 Å². The maximum Gasteiger partial charge on any atom is 0.412 e. The van der Waals surface area contributed by atoms with Gasteiger partial charge in [-0.2, -0.15) is 0 Å². The minimum absolute atomic E-state index is 0.345. The van der Waals surface area contributed by atoms with Crippen molar-refractivity contribution >= 4 is 33.3 Å². The fourth-order valence-corrected chi connectivity index (χ4v) is 1.68. The van der Waals surface area contributed by atoms with Crippen LogP contribution in [-0.2, 0) is 4.74 Å². The van der Waals surface area contributed by atoms with Crippen molar-refractivity contribution in [1.29, 1.82) is 0 Å². The fraction of sp³-hybridized carbons (Fsp3) is 0.357. The molecule has 0 bridgehead atoms. The highest BCUT2D eigenvalue weighted by molar-refractivity contribution is 9.09. The molecule has 0 radical (unpaired) electrons. The zero-order valence-electron chi connectivity index (χ0n) is 11.2. The van der Waals surface area contributed by atoms with E-state index in [1.54, 1.807) is 32.9 Å². The Morgan fingerprint density at radius 2 is 2.11 bits per heavy atom. The molecule has 0 aliphatic carbocycles. The van der Waals surface area contributed by atoms with Crippen LogP contribution in [0.5, 0.6) is 0 Å². The molecule has 0 aliphatic heterocycles. The third kappa shape index (κ3) is 5.03. The Labute approximate surface area is 121 Å². The molecule has 0 aliphatic rings. The van der Waals surface area contributed by atoms with E-state index in [1.807, 2.05) is 0 Å². The number of halogens is 2. The monoisotopic (exact) mass is 329 g/mol. The maximum absolute atomic E-state index is 13.8. The van der Waals surface area contributed by atoms with Gasteiger partial charge >= 0.3 is 6.09 Å². The molecule has 0 fully saturated rings. The summed E-state index contributed by atoms with van der Waals surface area (Å²) in [6.45, 7) is 9.02. The first-order chi connectivity index (χ1) is 8.73. The summed E-state index contributed by atoms with van der Waals surface area (Å²) >= 11 is 3.22. The minimum Gasteiger partial charge on any atom is -0.444 e. The standard InChI is InChI=1S/C14H17BrFNO2/c1-9(8-15)11-6-5-10(7-12(11)16)17-13(18)19-14(2,3)4/h5-7H,1,8H2,2-4H3,(H,17,18). The van der Waals surface area contributed by atoms with Gasteiger partial charge in [0.25, 0.3) is 0 Å². The number of ether oxygens (including phenoxy) is 1. The van der Waals surface area contributed by atoms with Gasteiger partial charge in [-0.3, -0.25) is 5.32 Å². The predicted octanol–water partition coefficient (Wildman–Crippen LogP) is 4.58. The lowest BCUT2D eigenvalue weighted by Crippen LogP contribution is -2.27. The van der Waals surface area contributed by atoms with Gasteiger partial charge in [0.1, 0.15) is 11.4 Å². The molecule has 0 unspecified atom stereocenters. The van der Waals surface area contributed by atoms with E-state index >= 15 is 0 Å². The Bertz CT molecular complexity index is 495. The van der Waals surface area contributed by atoms with Crippen LogP contribution in [-0.4, -0.2) is 17.0 Å². The van der Waals surface area contributed by atoms with Crippen LogP contribution in [0.3, 0.4) is 0 Å². The van der Waals surface area contributed by atoms with Crippen molar-refractivity contribution in [3.05, 3.63) is 36.2 Å². The lowest BCUT2D eigenvalue weighted by molar-refractivity contribution is 0.0636. The molecule has 0 saturated heterocycles. The van der Waals surface area contributed by atoms with Crippen molar-refractivity contribution in [3.63, 3.8) is 0 Å². The first kappa shape index (κ1) is 15.7. The SMILES string of the molecule is C=C(CBr)c1ccc(NC(=O)OC(C)(C)C)cc1F. The lowest BCUT2D eigenvalue weighted by atomic mass is 10.1. The van der Waals surface area contributed by atoms with Crippen LogP contribution >= 0.6 is 15.9 Å². The molecule has 0 saturated carbocycles. The second-order valence-corrected chi connectivity index (χ2v) is 5.62. The number of alkyl halides is 1. The van der Waals surface area contributed by atoms with E-state index in [1.165, 1.54) is 6.07 Å². The van der Waals surface area contributed by atoms with E-state index < -0.39 is 17.5 Å². The van der Waals surface area contributed by atoms with Crippen molar-refractivity contribution in [2.45, 2.75) is 26.4 Å². The third-order valence-electron chi connectivity index (χ3n) is 2.16. The van der Waals surface area contributed by atoms with Crippen LogP contribution < -0.4 is 5.32 Å². The number of amides is 1. The zero-order valence-corrected chi connectivity index (χ0v) is 12.8. The minimum atomic E-state index is -0.612. The van der Waals surface area contributed by atoms with Crippen molar-refractivity contribution in [2.75, 3.05) is 10.6 Å². The number of hydrogen-bond acceptors (Lipinski definition) is 2. The van der Waals surface area contributed by atoms with Gasteiger partial charge in [-0.15, -0.1) is 0 Å². The summed E-state index contributed by atoms with van der Waals surface area (Å²) in [5.74, 6) is -0.432. The maximum atomic E-state index is 13.8. The van der Waals surface area contributed by atoms with Gasteiger partial charge < -0.3 is 4.74 Å². The highest BCUT2D eigenvalue weighted by Gasteiger charge is 2.16. The van der Waals surface area contributed by atoms with Crippen LogP contribution in [0.1, 0.15) is 26.3 Å². The Morgan fingerprint density at radius 1 is 1.47 bits per heavy atom. The van der Waals surface area contributed by atoms with Gasteiger partial charge in [-0.1, -0.05) is 22.5 Å². The Hall–Kier alpha value is -1.36. The van der Waals surface area contributed by atoms with Gasteiger partial charge in [-0.25, -0.2) is 9.18 Å². The summed E-state index contributed by atoms with van der Waals surface area (Å²) in [6, 6.07) is 4.43. The zero-order chi connectivity index (χ0) is 14.6. The Balaban J connectivity index is 2.79. The van der Waals surface area contributed by atoms with Gasteiger partial charge in [0.2, 0.25) is 0 Å². The van der Waals surface area contributed by atoms with Crippen LogP contribution in [0.25, 0.3) is 5.57 Å². The largest absolute Gasteiger partial charge is 0.444 e. The van der Waals surface area contributed by atoms with Gasteiger partial charge in [0.05, 0.1) is 0 Å². The molecule has 0 aromatic heterocycles. The summed E-state index contributed by atoms with van der Waals surface area (Å²) in [7, 11) is 0. The molecule has 104 valence electrons. The van der Waals surface area contributed by atoms with Crippen LogP contribution in [0.2, 0.25) is 0 Å². The molecule has 0 heterocycles. The highest BCUT2D eigenvalue weighted by atomic mass is 79.9. The number of nitrogens with one attached hydrogen (secondary N) is 1. The molecule has 0 atom stereocenters. The number of rotatable bonds is 3. The molecule has 1 rings (SSSR count). The summed E-state index contributed by atoms with van der Waals surface area (Å²) in [4.78, 5) is 11.5. The molecular formula is C14H17BrFNO2. The summed E-state index contributed by atoms with van der Waals surface area (Å²) in [6.07, 6.45) is -0.612. The van der Waals surface area contributed by atoms with Gasteiger partial charge in [0, 0.05) is 16.6 Å². The van der Waals surface area contributed by atoms with E-state index in [0.29, 0.717) is 22.2 Å². The molecule has 0 spiro atoms. The molecule has 1 aromatic carbocycles. The molecule has 1 N–H and O–H groups in total. The van der Waals surface area contributed by atoms with Crippen molar-refractivity contribution in [2.24, 2.45) is 0 Å². The lowest BCUT2D eigenvalue weighted by Gasteiger charge is -2.19. The predicted molar refractivity (Wildman–Crippen MR) is 79.1 cm³/mol. The summed E-state index contributed by atoms with van der Waals surface area (Å²) in [5, 5.41) is 2.97. The number of carbonyl (C=O) groups is 1. The second-order valence-electron chi connectivity index (χ2n) is 5.06. The third-order valence-corrected chi connectivity index (χ3v) is 2.83. The summed E-state index contributed by atoms with van der Waals surface area (Å²) < 4.78 is 18.9. The van der Waals surface area contributed by atoms with E-state index in [0.717, 1.165) is 0 Å². The molecule has 19 heavy (non-hydrogen) atoms. The van der Waals surface area contributed by atoms with Crippen LogP contribution in [0.4, 0.5) is 14.9 Å². The topological polar surface area (TPSA) is 38.3 Å². The average Bonchev–Trinajstić information content (AvgIpc) is 2.25. The van der Waals surface area contributed by atoms with Crippen LogP contribution in [0.15, 0.2) is 24.8 Å². The van der Waals surface area contributed by atoms with Gasteiger partial charge in [0.15, 0.2) is 0 Å². The number of benzene rings is 1. The molecule has 3 nitrogen and oxygen atoms in total. The van der Waals surface area contributed by atoms with Gasteiger partial charge in [-0.05, 0) is 44.5 Å². The van der Waals surface area contributed by atoms with Crippen LogP contribution in [0, 0.1) is 5.82 Å². The van der Waals surface area contributed by atoms with E-state index in [9.17, 15) is 9.18 Å². The average molecular weight is 330 g/mol. The first-order valence-electron chi connectivity index (χ1n) is 5.76. The van der Waals surface area contributed by atoms with E-state index in [-0.39, 0.29) is 0 Å².